The van der Waals surface area contributed by atoms with Crippen LogP contribution in [-0.2, 0) is 6.54 Å². The van der Waals surface area contributed by atoms with Gasteiger partial charge in [-0.05, 0) is 43.7 Å². The molecule has 1 saturated heterocycles. The average Bonchev–Trinajstić information content (AvgIpc) is 2.77. The van der Waals surface area contributed by atoms with Crippen LogP contribution >= 0.6 is 11.8 Å². The van der Waals surface area contributed by atoms with E-state index in [4.69, 9.17) is 9.47 Å². The summed E-state index contributed by atoms with van der Waals surface area (Å²) < 4.78 is 10.5. The first-order valence-electron chi connectivity index (χ1n) is 9.69. The van der Waals surface area contributed by atoms with Crippen molar-refractivity contribution in [3.8, 4) is 11.5 Å². The number of nitrogens with one attached hydrogen (secondary N) is 1. The number of methoxy groups -OCH3 is 2. The fraction of sp³-hybridized carbons (Fsp3) is 0.476. The summed E-state index contributed by atoms with van der Waals surface area (Å²) in [6.07, 6.45) is 8.01. The van der Waals surface area contributed by atoms with Gasteiger partial charge in [-0.1, -0.05) is 11.8 Å². The van der Waals surface area contributed by atoms with E-state index in [1.807, 2.05) is 18.6 Å². The van der Waals surface area contributed by atoms with Gasteiger partial charge < -0.3 is 14.8 Å². The standard InChI is InChI=1S/C21H28N4O3S/c1-27-18-7-17(8-19(9-18)28-2)20(26)22-10-15-5-4-6-25(13-15)14-16-11-23-21(29-3)24-12-16/h7-9,11-12,15H,4-6,10,13-14H2,1-3H3,(H,22,26)/t15-/m1/s1. The van der Waals surface area contributed by atoms with E-state index in [-0.39, 0.29) is 5.91 Å². The highest BCUT2D eigenvalue weighted by Crippen LogP contribution is 2.23. The number of rotatable bonds is 8. The molecular formula is C21H28N4O3S. The summed E-state index contributed by atoms with van der Waals surface area (Å²) in [5.74, 6) is 1.52. The van der Waals surface area contributed by atoms with Crippen molar-refractivity contribution in [3.63, 3.8) is 0 Å². The van der Waals surface area contributed by atoms with Crippen molar-refractivity contribution in [3.05, 3.63) is 41.7 Å². The van der Waals surface area contributed by atoms with Gasteiger partial charge in [-0.3, -0.25) is 9.69 Å². The molecule has 0 unspecified atom stereocenters. The van der Waals surface area contributed by atoms with Crippen LogP contribution in [0.1, 0.15) is 28.8 Å². The quantitative estimate of drug-likeness (QED) is 0.524. The molecule has 0 saturated carbocycles. The molecule has 1 aromatic heterocycles. The molecule has 29 heavy (non-hydrogen) atoms. The van der Waals surface area contributed by atoms with E-state index in [1.165, 1.54) is 0 Å². The highest BCUT2D eigenvalue weighted by atomic mass is 32.2. The highest BCUT2D eigenvalue weighted by molar-refractivity contribution is 7.98. The molecule has 1 amide bonds. The number of hydrogen-bond donors (Lipinski definition) is 1. The molecule has 0 bridgehead atoms. The molecule has 2 heterocycles. The molecule has 7 nitrogen and oxygen atoms in total. The van der Waals surface area contributed by atoms with Gasteiger partial charge in [0.05, 0.1) is 14.2 Å². The van der Waals surface area contributed by atoms with Crippen LogP contribution in [0.4, 0.5) is 0 Å². The summed E-state index contributed by atoms with van der Waals surface area (Å²) in [5, 5.41) is 3.86. The third kappa shape index (κ3) is 6.08. The van der Waals surface area contributed by atoms with Gasteiger partial charge in [-0.2, -0.15) is 0 Å². The molecule has 3 rings (SSSR count). The smallest absolute Gasteiger partial charge is 0.251 e. The van der Waals surface area contributed by atoms with Gasteiger partial charge in [0.2, 0.25) is 0 Å². The number of likely N-dealkylation sites (tertiary alicyclic amines) is 1. The van der Waals surface area contributed by atoms with Crippen LogP contribution in [0.25, 0.3) is 0 Å². The van der Waals surface area contributed by atoms with Crippen LogP contribution < -0.4 is 14.8 Å². The lowest BCUT2D eigenvalue weighted by Crippen LogP contribution is -2.40. The highest BCUT2D eigenvalue weighted by Gasteiger charge is 2.21. The molecule has 0 radical (unpaired) electrons. The zero-order chi connectivity index (χ0) is 20.6. The predicted octanol–water partition coefficient (Wildman–Crippen LogP) is 2.86. The van der Waals surface area contributed by atoms with Gasteiger partial charge in [-0.15, -0.1) is 0 Å². The SMILES string of the molecule is COc1cc(OC)cc(C(=O)NC[C@H]2CCCN(Cc3cnc(SC)nc3)C2)c1. The van der Waals surface area contributed by atoms with Gasteiger partial charge in [0, 0.05) is 49.2 Å². The van der Waals surface area contributed by atoms with Gasteiger partial charge in [0.1, 0.15) is 11.5 Å². The number of benzene rings is 1. The Kier molecular flexibility index (Phi) is 7.71. The van der Waals surface area contributed by atoms with Crippen LogP contribution in [0.15, 0.2) is 35.7 Å². The Labute approximate surface area is 176 Å². The van der Waals surface area contributed by atoms with E-state index < -0.39 is 0 Å². The largest absolute Gasteiger partial charge is 0.497 e. The van der Waals surface area contributed by atoms with Gasteiger partial charge in [0.25, 0.3) is 5.91 Å². The van der Waals surface area contributed by atoms with Crippen LogP contribution in [0, 0.1) is 5.92 Å². The first-order chi connectivity index (χ1) is 14.1. The summed E-state index contributed by atoms with van der Waals surface area (Å²) in [5.41, 5.74) is 1.66. The van der Waals surface area contributed by atoms with E-state index in [0.717, 1.165) is 43.2 Å². The fourth-order valence-electron chi connectivity index (χ4n) is 3.53. The molecular weight excluding hydrogens is 388 g/mol. The third-order valence-electron chi connectivity index (χ3n) is 5.04. The lowest BCUT2D eigenvalue weighted by atomic mass is 9.97. The first kappa shape index (κ1) is 21.4. The number of thioether (sulfide) groups is 1. The molecule has 156 valence electrons. The summed E-state index contributed by atoms with van der Waals surface area (Å²) in [6.45, 7) is 3.50. The summed E-state index contributed by atoms with van der Waals surface area (Å²) in [6, 6.07) is 5.21. The van der Waals surface area contributed by atoms with Crippen molar-refractivity contribution < 1.29 is 14.3 Å². The number of hydrogen-bond acceptors (Lipinski definition) is 7. The second kappa shape index (κ2) is 10.5. The maximum atomic E-state index is 12.6. The van der Waals surface area contributed by atoms with Crippen molar-refractivity contribution in [2.45, 2.75) is 24.5 Å². The number of carbonyl (C=O) groups excluding carboxylic acids is 1. The molecule has 0 spiro atoms. The predicted molar refractivity (Wildman–Crippen MR) is 114 cm³/mol. The van der Waals surface area contributed by atoms with Crippen molar-refractivity contribution in [2.75, 3.05) is 40.1 Å². The van der Waals surface area contributed by atoms with Crippen molar-refractivity contribution in [1.29, 1.82) is 0 Å². The number of ether oxygens (including phenoxy) is 2. The molecule has 1 aromatic carbocycles. The normalized spacial score (nSPS) is 17.0. The zero-order valence-corrected chi connectivity index (χ0v) is 18.0. The molecule has 8 heteroatoms. The second-order valence-electron chi connectivity index (χ2n) is 7.13. The van der Waals surface area contributed by atoms with Crippen molar-refractivity contribution >= 4 is 17.7 Å². The molecule has 1 fully saturated rings. The Morgan fingerprint density at radius 2 is 1.90 bits per heavy atom. The molecule has 1 N–H and O–H groups in total. The maximum absolute atomic E-state index is 12.6. The lowest BCUT2D eigenvalue weighted by molar-refractivity contribution is 0.0930. The number of aromatic nitrogens is 2. The molecule has 0 aliphatic carbocycles. The van der Waals surface area contributed by atoms with Crippen molar-refractivity contribution in [1.82, 2.24) is 20.2 Å². The molecule has 1 aliphatic heterocycles. The van der Waals surface area contributed by atoms with E-state index in [2.05, 4.69) is 20.2 Å². The Bertz CT molecular complexity index is 794. The van der Waals surface area contributed by atoms with E-state index in [0.29, 0.717) is 29.5 Å². The van der Waals surface area contributed by atoms with Gasteiger partial charge in [0.15, 0.2) is 5.16 Å². The van der Waals surface area contributed by atoms with Gasteiger partial charge >= 0.3 is 0 Å². The maximum Gasteiger partial charge on any atom is 0.251 e. The number of piperidine rings is 1. The molecule has 1 aliphatic rings. The fourth-order valence-corrected chi connectivity index (χ4v) is 3.84. The van der Waals surface area contributed by atoms with E-state index in [9.17, 15) is 4.79 Å². The molecule has 1 atom stereocenters. The minimum absolute atomic E-state index is 0.111. The molecule has 2 aromatic rings. The van der Waals surface area contributed by atoms with Crippen LogP contribution in [0.5, 0.6) is 11.5 Å². The second-order valence-corrected chi connectivity index (χ2v) is 7.91. The van der Waals surface area contributed by atoms with E-state index in [1.54, 1.807) is 44.2 Å². The Balaban J connectivity index is 1.53. The summed E-state index contributed by atoms with van der Waals surface area (Å²) in [7, 11) is 3.15. The first-order valence-corrected chi connectivity index (χ1v) is 10.9. The van der Waals surface area contributed by atoms with Gasteiger partial charge in [-0.25, -0.2) is 9.97 Å². The summed E-state index contributed by atoms with van der Waals surface area (Å²) in [4.78, 5) is 23.7. The average molecular weight is 417 g/mol. The number of amides is 1. The topological polar surface area (TPSA) is 76.6 Å². The monoisotopic (exact) mass is 416 g/mol. The lowest BCUT2D eigenvalue weighted by Gasteiger charge is -2.32. The number of carbonyl (C=O) groups is 1. The van der Waals surface area contributed by atoms with Crippen LogP contribution in [0.2, 0.25) is 0 Å². The number of nitrogens with zero attached hydrogens (tertiary/aromatic N) is 3. The zero-order valence-electron chi connectivity index (χ0n) is 17.2. The third-order valence-corrected chi connectivity index (χ3v) is 5.61. The minimum Gasteiger partial charge on any atom is -0.497 e. The van der Waals surface area contributed by atoms with E-state index >= 15 is 0 Å². The minimum atomic E-state index is -0.111. The Morgan fingerprint density at radius 1 is 1.21 bits per heavy atom. The van der Waals surface area contributed by atoms with Crippen LogP contribution in [0.3, 0.4) is 0 Å². The summed E-state index contributed by atoms with van der Waals surface area (Å²) >= 11 is 1.54. The Hall–Kier alpha value is -2.32. The van der Waals surface area contributed by atoms with Crippen LogP contribution in [-0.4, -0.2) is 60.9 Å². The van der Waals surface area contributed by atoms with Crippen molar-refractivity contribution in [2.24, 2.45) is 5.92 Å². The Morgan fingerprint density at radius 3 is 2.52 bits per heavy atom.